The van der Waals surface area contributed by atoms with E-state index in [2.05, 4.69) is 0 Å². The molecule has 0 fully saturated rings. The lowest BCUT2D eigenvalue weighted by molar-refractivity contribution is -0.143. The molecule has 0 radical (unpaired) electrons. The number of benzene rings is 2. The number of carboxylic acid groups (broad SMARTS) is 1. The van der Waals surface area contributed by atoms with E-state index in [0.29, 0.717) is 18.2 Å². The Labute approximate surface area is 171 Å². The molecule has 13 heteroatoms. The molecule has 2 rings (SSSR count). The van der Waals surface area contributed by atoms with Crippen molar-refractivity contribution in [3.63, 3.8) is 0 Å². The number of aromatic carboxylic acids is 1. The third-order valence-corrected chi connectivity index (χ3v) is 4.15. The molecule has 2 aromatic carbocycles. The molecule has 174 valence electrons. The Hall–Kier alpha value is -3.12. The Bertz CT molecular complexity index is 1050. The van der Waals surface area contributed by atoms with Crippen molar-refractivity contribution in [2.45, 2.75) is 24.4 Å². The second-order valence-electron chi connectivity index (χ2n) is 6.33. The van der Waals surface area contributed by atoms with Crippen LogP contribution >= 0.6 is 0 Å². The Morgan fingerprint density at radius 1 is 0.844 bits per heavy atom. The highest BCUT2D eigenvalue weighted by Crippen LogP contribution is 2.41. The van der Waals surface area contributed by atoms with Crippen molar-refractivity contribution in [1.29, 1.82) is 0 Å². The van der Waals surface area contributed by atoms with Crippen molar-refractivity contribution >= 4 is 11.8 Å². The summed E-state index contributed by atoms with van der Waals surface area (Å²) in [7, 11) is 0. The molecule has 0 saturated heterocycles. The second-order valence-corrected chi connectivity index (χ2v) is 6.33. The maximum absolute atomic E-state index is 14.5. The first kappa shape index (κ1) is 25.1. The van der Waals surface area contributed by atoms with Crippen LogP contribution in [0.15, 0.2) is 42.5 Å². The Morgan fingerprint density at radius 3 is 1.88 bits per heavy atom. The van der Waals surface area contributed by atoms with E-state index in [1.165, 1.54) is 0 Å². The summed E-state index contributed by atoms with van der Waals surface area (Å²) >= 11 is 0. The fraction of sp³-hybridized carbons (Fsp3) is 0.211. The third-order valence-electron chi connectivity index (χ3n) is 4.15. The molecule has 0 spiro atoms. The molecule has 0 saturated carbocycles. The van der Waals surface area contributed by atoms with E-state index in [-0.39, 0.29) is 24.3 Å². The normalized spacial score (nSPS) is 14.4. The van der Waals surface area contributed by atoms with E-state index in [1.54, 1.807) is 0 Å². The number of hydrogen-bond acceptors (Lipinski definition) is 1. The first-order valence-electron chi connectivity index (χ1n) is 8.18. The van der Waals surface area contributed by atoms with Crippen molar-refractivity contribution in [1.82, 2.24) is 0 Å². The summed E-state index contributed by atoms with van der Waals surface area (Å²) in [6, 6.07) is 0.952. The standard InChI is InChI=1S/C19H9F11O2/c20-14-4-2-8(5-13(14)19(28,29)30)11(17(22,23)24)7-15(21)9-1-3-10(16(31)32)12(6-9)18(25,26)27/h1-7,11H,(H,31,32). The molecule has 0 aromatic heterocycles. The number of rotatable bonds is 4. The highest BCUT2D eigenvalue weighted by atomic mass is 19.4. The predicted octanol–water partition coefficient (Wildman–Crippen LogP) is 7.22. The van der Waals surface area contributed by atoms with Gasteiger partial charge in [-0.25, -0.2) is 13.6 Å². The Kier molecular flexibility index (Phi) is 6.62. The average molecular weight is 478 g/mol. The van der Waals surface area contributed by atoms with Crippen molar-refractivity contribution in [3.8, 4) is 0 Å². The van der Waals surface area contributed by atoms with Gasteiger partial charge in [0.05, 0.1) is 16.7 Å². The van der Waals surface area contributed by atoms with Crippen molar-refractivity contribution in [2.75, 3.05) is 0 Å². The quantitative estimate of drug-likeness (QED) is 0.472. The topological polar surface area (TPSA) is 37.3 Å². The molecular formula is C19H9F11O2. The fourth-order valence-electron chi connectivity index (χ4n) is 2.69. The molecule has 32 heavy (non-hydrogen) atoms. The van der Waals surface area contributed by atoms with E-state index in [9.17, 15) is 53.1 Å². The van der Waals surface area contributed by atoms with E-state index in [4.69, 9.17) is 5.11 Å². The lowest BCUT2D eigenvalue weighted by Crippen LogP contribution is -2.20. The first-order valence-corrected chi connectivity index (χ1v) is 8.18. The van der Waals surface area contributed by atoms with E-state index in [0.717, 1.165) is 0 Å². The van der Waals surface area contributed by atoms with Gasteiger partial charge in [0.2, 0.25) is 0 Å². The zero-order chi connectivity index (χ0) is 24.6. The summed E-state index contributed by atoms with van der Waals surface area (Å²) in [5, 5.41) is 8.79. The molecule has 1 N–H and O–H groups in total. The molecule has 1 atom stereocenters. The van der Waals surface area contributed by atoms with Gasteiger partial charge in [-0.1, -0.05) is 12.1 Å². The first-order chi connectivity index (χ1) is 14.4. The highest BCUT2D eigenvalue weighted by molar-refractivity contribution is 5.90. The summed E-state index contributed by atoms with van der Waals surface area (Å²) in [5.74, 6) is -8.93. The van der Waals surface area contributed by atoms with Crippen molar-refractivity contribution < 1.29 is 58.2 Å². The van der Waals surface area contributed by atoms with Crippen LogP contribution in [0, 0.1) is 5.82 Å². The molecular weight excluding hydrogens is 469 g/mol. The molecule has 0 amide bonds. The summed E-state index contributed by atoms with van der Waals surface area (Å²) in [5.41, 5.74) is -7.52. The van der Waals surface area contributed by atoms with Crippen LogP contribution in [0.4, 0.5) is 48.3 Å². The maximum atomic E-state index is 14.5. The summed E-state index contributed by atoms with van der Waals surface area (Å²) in [6.45, 7) is 0. The minimum Gasteiger partial charge on any atom is -0.478 e. The van der Waals surface area contributed by atoms with Crippen LogP contribution in [0.3, 0.4) is 0 Å². The van der Waals surface area contributed by atoms with Crippen LogP contribution in [0.2, 0.25) is 0 Å². The largest absolute Gasteiger partial charge is 0.478 e. The van der Waals surface area contributed by atoms with Crippen LogP contribution in [0.5, 0.6) is 0 Å². The molecule has 0 aliphatic carbocycles. The Morgan fingerprint density at radius 2 is 1.41 bits per heavy atom. The molecule has 0 bridgehead atoms. The van der Waals surface area contributed by atoms with E-state index >= 15 is 0 Å². The van der Waals surface area contributed by atoms with E-state index in [1.807, 2.05) is 0 Å². The van der Waals surface area contributed by atoms with Crippen LogP contribution in [0.1, 0.15) is 38.5 Å². The zero-order valence-corrected chi connectivity index (χ0v) is 15.1. The number of carboxylic acids is 1. The molecule has 2 aromatic rings. The van der Waals surface area contributed by atoms with Gasteiger partial charge in [-0.2, -0.15) is 39.5 Å². The molecule has 0 aliphatic rings. The van der Waals surface area contributed by atoms with Crippen LogP contribution < -0.4 is 0 Å². The number of allylic oxidation sites excluding steroid dienone is 1. The van der Waals surface area contributed by atoms with Gasteiger partial charge in [-0.3, -0.25) is 0 Å². The van der Waals surface area contributed by atoms with Gasteiger partial charge in [0.1, 0.15) is 17.6 Å². The highest BCUT2D eigenvalue weighted by Gasteiger charge is 2.42. The maximum Gasteiger partial charge on any atom is 0.419 e. The summed E-state index contributed by atoms with van der Waals surface area (Å²) in [6.07, 6.45) is -16.4. The second kappa shape index (κ2) is 8.43. The number of hydrogen-bond donors (Lipinski definition) is 1. The van der Waals surface area contributed by atoms with Crippen LogP contribution in [-0.4, -0.2) is 17.3 Å². The fourth-order valence-corrected chi connectivity index (χ4v) is 2.69. The number of carbonyl (C=O) groups is 1. The summed E-state index contributed by atoms with van der Waals surface area (Å²) < 4.78 is 146. The zero-order valence-electron chi connectivity index (χ0n) is 15.1. The van der Waals surface area contributed by atoms with Crippen molar-refractivity contribution in [2.24, 2.45) is 0 Å². The summed E-state index contributed by atoms with van der Waals surface area (Å²) in [4.78, 5) is 10.9. The smallest absolute Gasteiger partial charge is 0.419 e. The van der Waals surface area contributed by atoms with Gasteiger partial charge in [-0.15, -0.1) is 0 Å². The van der Waals surface area contributed by atoms with Gasteiger partial charge < -0.3 is 5.11 Å². The van der Waals surface area contributed by atoms with Gasteiger partial charge in [0, 0.05) is 5.56 Å². The number of halogens is 11. The van der Waals surface area contributed by atoms with Gasteiger partial charge in [-0.05, 0) is 35.9 Å². The molecule has 1 unspecified atom stereocenters. The molecule has 0 aliphatic heterocycles. The van der Waals surface area contributed by atoms with E-state index < -0.39 is 69.9 Å². The minimum absolute atomic E-state index is 0.0471. The van der Waals surface area contributed by atoms with Gasteiger partial charge in [0.25, 0.3) is 0 Å². The minimum atomic E-state index is -5.41. The third kappa shape index (κ3) is 5.56. The predicted molar refractivity (Wildman–Crippen MR) is 87.7 cm³/mol. The van der Waals surface area contributed by atoms with Crippen LogP contribution in [0.25, 0.3) is 5.83 Å². The molecule has 2 nitrogen and oxygen atoms in total. The number of alkyl halides is 9. The Balaban J connectivity index is 2.64. The average Bonchev–Trinajstić information content (AvgIpc) is 2.63. The van der Waals surface area contributed by atoms with Crippen molar-refractivity contribution in [3.05, 3.63) is 76.1 Å². The monoisotopic (exact) mass is 478 g/mol. The lowest BCUT2D eigenvalue weighted by Gasteiger charge is -2.19. The van der Waals surface area contributed by atoms with Gasteiger partial charge >= 0.3 is 24.5 Å². The van der Waals surface area contributed by atoms with Gasteiger partial charge in [0.15, 0.2) is 0 Å². The lowest BCUT2D eigenvalue weighted by atomic mass is 9.94. The SMILES string of the molecule is O=C(O)c1ccc(C(F)=CC(c2ccc(F)c(C(F)(F)F)c2)C(F)(F)F)cc1C(F)(F)F. The van der Waals surface area contributed by atoms with Crippen LogP contribution in [-0.2, 0) is 12.4 Å². The molecule has 0 heterocycles.